The largest absolute Gasteiger partial charge is 0.508 e. The summed E-state index contributed by atoms with van der Waals surface area (Å²) in [5.41, 5.74) is 3.13. The number of aliphatic hydroxyl groups is 2. The van der Waals surface area contributed by atoms with E-state index in [0.29, 0.717) is 29.0 Å². The van der Waals surface area contributed by atoms with Gasteiger partial charge in [0.2, 0.25) is 5.88 Å². The summed E-state index contributed by atoms with van der Waals surface area (Å²) in [6.45, 7) is 0. The van der Waals surface area contributed by atoms with Gasteiger partial charge in [-0.3, -0.25) is 4.40 Å². The van der Waals surface area contributed by atoms with E-state index in [1.165, 1.54) is 12.1 Å². The molecule has 0 amide bonds. The number of imidazole rings is 1. The lowest BCUT2D eigenvalue weighted by Gasteiger charge is -2.22. The summed E-state index contributed by atoms with van der Waals surface area (Å²) >= 11 is 5.11. The lowest BCUT2D eigenvalue weighted by Crippen LogP contribution is -2.25. The van der Waals surface area contributed by atoms with Gasteiger partial charge in [0, 0.05) is 23.9 Å². The van der Waals surface area contributed by atoms with Crippen LogP contribution in [0.5, 0.6) is 17.4 Å². The van der Waals surface area contributed by atoms with Crippen molar-refractivity contribution in [3.63, 3.8) is 0 Å². The highest BCUT2D eigenvalue weighted by molar-refractivity contribution is 8.00. The minimum absolute atomic E-state index is 0.0503. The zero-order chi connectivity index (χ0) is 27.5. The van der Waals surface area contributed by atoms with Crippen LogP contribution < -0.4 is 0 Å². The molecule has 0 saturated carbocycles. The number of benzene rings is 3. The Labute approximate surface area is 234 Å². The standard InChI is InChI=1S/C29H27N3O5S2/c33-20-10-6-18(7-11-20)23-15-32-27(22(30-23)14-17-4-2-1-3-5-17)31-25(28(32)36)26(39-29(37)24(35)16-38)19-8-12-21(34)13-9-19/h1-13,15,24,26,29,33-38H,14,16H2/t24-,26?,29-/m0/s1. The van der Waals surface area contributed by atoms with E-state index in [4.69, 9.17) is 9.97 Å². The van der Waals surface area contributed by atoms with Gasteiger partial charge in [-0.2, -0.15) is 12.6 Å². The maximum Gasteiger partial charge on any atom is 0.220 e. The topological polar surface area (TPSA) is 131 Å². The average Bonchev–Trinajstić information content (AvgIpc) is 3.28. The second kappa shape index (κ2) is 11.6. The quantitative estimate of drug-likeness (QED) is 0.114. The molecule has 5 N–H and O–H groups in total. The van der Waals surface area contributed by atoms with Gasteiger partial charge in [-0.1, -0.05) is 42.5 Å². The molecule has 1 unspecified atom stereocenters. The number of aliphatic hydroxyl groups excluding tert-OH is 2. The van der Waals surface area contributed by atoms with Crippen LogP contribution in [0.2, 0.25) is 0 Å². The van der Waals surface area contributed by atoms with Crippen molar-refractivity contribution >= 4 is 30.0 Å². The highest BCUT2D eigenvalue weighted by Crippen LogP contribution is 2.43. The summed E-state index contributed by atoms with van der Waals surface area (Å²) in [6.07, 6.45) is 1.03. The van der Waals surface area contributed by atoms with E-state index < -0.39 is 16.8 Å². The molecular weight excluding hydrogens is 534 g/mol. The molecule has 0 aliphatic carbocycles. The van der Waals surface area contributed by atoms with Crippen molar-refractivity contribution in [1.82, 2.24) is 14.4 Å². The van der Waals surface area contributed by atoms with Crippen LogP contribution in [-0.4, -0.2) is 57.2 Å². The third-order valence-electron chi connectivity index (χ3n) is 6.29. The van der Waals surface area contributed by atoms with Crippen LogP contribution in [0.4, 0.5) is 0 Å². The average molecular weight is 562 g/mol. The van der Waals surface area contributed by atoms with Crippen molar-refractivity contribution in [2.45, 2.75) is 23.2 Å². The van der Waals surface area contributed by atoms with Crippen molar-refractivity contribution in [2.75, 3.05) is 5.75 Å². The van der Waals surface area contributed by atoms with E-state index in [1.54, 1.807) is 47.0 Å². The minimum atomic E-state index is -1.21. The number of aromatic nitrogens is 3. The van der Waals surface area contributed by atoms with E-state index >= 15 is 0 Å². The molecule has 200 valence electrons. The highest BCUT2D eigenvalue weighted by Gasteiger charge is 2.30. The predicted octanol–water partition coefficient (Wildman–Crippen LogP) is 4.54. The normalized spacial score (nSPS) is 13.8. The van der Waals surface area contributed by atoms with E-state index in [2.05, 4.69) is 12.6 Å². The third-order valence-corrected chi connectivity index (χ3v) is 8.02. The molecule has 2 heterocycles. The first-order chi connectivity index (χ1) is 18.8. The molecule has 0 aliphatic rings. The fourth-order valence-electron chi connectivity index (χ4n) is 4.24. The monoisotopic (exact) mass is 561 g/mol. The number of rotatable bonds is 9. The summed E-state index contributed by atoms with van der Waals surface area (Å²) in [7, 11) is 0. The van der Waals surface area contributed by atoms with Gasteiger partial charge in [0.1, 0.15) is 22.6 Å². The molecule has 39 heavy (non-hydrogen) atoms. The first-order valence-corrected chi connectivity index (χ1v) is 13.8. The maximum atomic E-state index is 11.5. The number of thiol groups is 1. The number of hydrogen-bond acceptors (Lipinski definition) is 9. The molecule has 10 heteroatoms. The Hall–Kier alpha value is -3.70. The molecule has 0 bridgehead atoms. The molecular formula is C29H27N3O5S2. The molecule has 0 aliphatic heterocycles. The SMILES string of the molecule is Oc1ccc(-c2cn3c(O)c(C(S[C@H](O)[C@@H](O)CS)c4ccc(O)cc4)nc3c(Cc3ccccc3)n2)cc1. The van der Waals surface area contributed by atoms with E-state index in [1.807, 2.05) is 30.3 Å². The lowest BCUT2D eigenvalue weighted by atomic mass is 10.1. The summed E-state index contributed by atoms with van der Waals surface area (Å²) in [5.74, 6) is 0.118. The summed E-state index contributed by atoms with van der Waals surface area (Å²) in [4.78, 5) is 9.69. The Morgan fingerprint density at radius 2 is 1.46 bits per heavy atom. The second-order valence-electron chi connectivity index (χ2n) is 9.04. The molecule has 0 radical (unpaired) electrons. The Morgan fingerprint density at radius 1 is 0.821 bits per heavy atom. The summed E-state index contributed by atoms with van der Waals surface area (Å²) in [5, 5.41) is 51.3. The van der Waals surface area contributed by atoms with Gasteiger partial charge >= 0.3 is 0 Å². The minimum Gasteiger partial charge on any atom is -0.508 e. The van der Waals surface area contributed by atoms with E-state index in [9.17, 15) is 25.5 Å². The van der Waals surface area contributed by atoms with Gasteiger partial charge in [0.25, 0.3) is 0 Å². The van der Waals surface area contributed by atoms with Crippen molar-refractivity contribution in [3.05, 3.63) is 108 Å². The highest BCUT2D eigenvalue weighted by atomic mass is 32.2. The molecule has 0 spiro atoms. The Balaban J connectivity index is 1.68. The second-order valence-corrected chi connectivity index (χ2v) is 10.6. The zero-order valence-corrected chi connectivity index (χ0v) is 22.4. The number of nitrogens with zero attached hydrogens (tertiary/aromatic N) is 3. The Kier molecular flexibility index (Phi) is 7.99. The number of thioether (sulfide) groups is 1. The van der Waals surface area contributed by atoms with E-state index in [-0.39, 0.29) is 28.8 Å². The molecule has 3 atom stereocenters. The molecule has 0 fully saturated rings. The van der Waals surface area contributed by atoms with Crippen LogP contribution in [-0.2, 0) is 6.42 Å². The maximum absolute atomic E-state index is 11.5. The zero-order valence-electron chi connectivity index (χ0n) is 20.7. The van der Waals surface area contributed by atoms with Gasteiger partial charge in [-0.25, -0.2) is 9.97 Å². The fraction of sp³-hybridized carbons (Fsp3) is 0.172. The fourth-order valence-corrected chi connectivity index (χ4v) is 5.74. The van der Waals surface area contributed by atoms with Crippen LogP contribution in [0.25, 0.3) is 16.9 Å². The van der Waals surface area contributed by atoms with Crippen LogP contribution in [0, 0.1) is 0 Å². The summed E-state index contributed by atoms with van der Waals surface area (Å²) < 4.78 is 1.57. The number of phenolic OH excluding ortho intramolecular Hbond substituents is 2. The van der Waals surface area contributed by atoms with Crippen LogP contribution in [0.1, 0.15) is 27.8 Å². The Morgan fingerprint density at radius 3 is 2.10 bits per heavy atom. The molecule has 0 saturated heterocycles. The molecule has 5 rings (SSSR count). The van der Waals surface area contributed by atoms with Crippen molar-refractivity contribution in [1.29, 1.82) is 0 Å². The van der Waals surface area contributed by atoms with Crippen LogP contribution in [0.15, 0.2) is 85.1 Å². The smallest absolute Gasteiger partial charge is 0.220 e. The number of hydrogen-bond donors (Lipinski definition) is 6. The first kappa shape index (κ1) is 26.9. The molecule has 2 aromatic heterocycles. The third kappa shape index (κ3) is 5.84. The number of phenols is 2. The van der Waals surface area contributed by atoms with Crippen LogP contribution in [0.3, 0.4) is 0 Å². The van der Waals surface area contributed by atoms with Gasteiger partial charge < -0.3 is 25.5 Å². The van der Waals surface area contributed by atoms with Crippen LogP contribution >= 0.6 is 24.4 Å². The van der Waals surface area contributed by atoms with Gasteiger partial charge in [-0.15, -0.1) is 11.8 Å². The van der Waals surface area contributed by atoms with Gasteiger partial charge in [0.15, 0.2) is 5.65 Å². The predicted molar refractivity (Wildman–Crippen MR) is 154 cm³/mol. The molecule has 5 aromatic rings. The van der Waals surface area contributed by atoms with Crippen molar-refractivity contribution in [2.24, 2.45) is 0 Å². The van der Waals surface area contributed by atoms with Crippen molar-refractivity contribution in [3.8, 4) is 28.6 Å². The van der Waals surface area contributed by atoms with Gasteiger partial charge in [-0.05, 0) is 47.5 Å². The number of fused-ring (bicyclic) bond motifs is 1. The lowest BCUT2D eigenvalue weighted by molar-refractivity contribution is 0.0907. The molecule has 8 nitrogen and oxygen atoms in total. The van der Waals surface area contributed by atoms with Gasteiger partial charge in [0.05, 0.1) is 22.7 Å². The van der Waals surface area contributed by atoms with E-state index in [0.717, 1.165) is 22.9 Å². The number of aromatic hydroxyl groups is 3. The first-order valence-electron chi connectivity index (χ1n) is 12.2. The Bertz CT molecular complexity index is 1560. The summed E-state index contributed by atoms with van der Waals surface area (Å²) in [6, 6.07) is 22.8. The molecule has 3 aromatic carbocycles. The van der Waals surface area contributed by atoms with Crippen molar-refractivity contribution < 1.29 is 25.5 Å².